The van der Waals surface area contributed by atoms with Gasteiger partial charge >= 0.3 is 0 Å². The van der Waals surface area contributed by atoms with E-state index in [0.29, 0.717) is 18.3 Å². The van der Waals surface area contributed by atoms with Crippen molar-refractivity contribution < 1.29 is 9.26 Å². The average Bonchev–Trinajstić information content (AvgIpc) is 3.22. The fourth-order valence-corrected chi connectivity index (χ4v) is 3.23. The maximum absolute atomic E-state index is 5.15. The number of methoxy groups -OCH3 is 1. The lowest BCUT2D eigenvalue weighted by Gasteiger charge is -1.99. The summed E-state index contributed by atoms with van der Waals surface area (Å²) in [4.78, 5) is 11.2. The van der Waals surface area contributed by atoms with E-state index >= 15 is 0 Å². The number of fused-ring (bicyclic) bond motifs is 1. The first-order valence-corrected chi connectivity index (χ1v) is 7.92. The van der Waals surface area contributed by atoms with E-state index in [-0.39, 0.29) is 0 Å². The van der Waals surface area contributed by atoms with Crippen molar-refractivity contribution in [2.24, 2.45) is 0 Å². The third-order valence-corrected chi connectivity index (χ3v) is 4.34. The lowest BCUT2D eigenvalue weighted by atomic mass is 10.1. The topological polar surface area (TPSA) is 65.5 Å². The van der Waals surface area contributed by atoms with Crippen LogP contribution in [0, 0.1) is 6.92 Å². The molecule has 7 heteroatoms. The van der Waals surface area contributed by atoms with Crippen LogP contribution in [0.25, 0.3) is 27.6 Å². The minimum atomic E-state index is 0.309. The lowest BCUT2D eigenvalue weighted by Crippen LogP contribution is -1.87. The Morgan fingerprint density at radius 1 is 1.22 bits per heavy atom. The Hall–Kier alpha value is -2.51. The predicted octanol–water partition coefficient (Wildman–Crippen LogP) is 3.57. The molecule has 0 spiro atoms. The number of imidazole rings is 1. The summed E-state index contributed by atoms with van der Waals surface area (Å²) in [5, 5.41) is 3.99. The Morgan fingerprint density at radius 2 is 2.09 bits per heavy atom. The van der Waals surface area contributed by atoms with Gasteiger partial charge in [-0.15, -0.1) is 11.3 Å². The van der Waals surface area contributed by atoms with Crippen molar-refractivity contribution in [2.45, 2.75) is 13.5 Å². The van der Waals surface area contributed by atoms with E-state index in [1.165, 1.54) is 4.88 Å². The van der Waals surface area contributed by atoms with Crippen molar-refractivity contribution >= 4 is 16.3 Å². The number of rotatable bonds is 4. The SMILES string of the molecule is COCc1nc(-c2cccc(-c3cn4cc(C)sc4n3)c2)no1. The predicted molar refractivity (Wildman–Crippen MR) is 87.2 cm³/mol. The van der Waals surface area contributed by atoms with Gasteiger partial charge in [-0.25, -0.2) is 4.98 Å². The fourth-order valence-electron chi connectivity index (χ4n) is 2.42. The van der Waals surface area contributed by atoms with E-state index in [4.69, 9.17) is 9.26 Å². The molecule has 4 aromatic rings. The monoisotopic (exact) mass is 326 g/mol. The Labute approximate surface area is 136 Å². The largest absolute Gasteiger partial charge is 0.375 e. The molecule has 0 fully saturated rings. The van der Waals surface area contributed by atoms with Crippen LogP contribution in [0.4, 0.5) is 0 Å². The first kappa shape index (κ1) is 14.1. The van der Waals surface area contributed by atoms with Crippen molar-refractivity contribution in [3.05, 3.63) is 47.4 Å². The molecule has 0 aliphatic carbocycles. The van der Waals surface area contributed by atoms with E-state index < -0.39 is 0 Å². The first-order valence-electron chi connectivity index (χ1n) is 7.10. The van der Waals surface area contributed by atoms with Crippen molar-refractivity contribution in [1.82, 2.24) is 19.5 Å². The smallest absolute Gasteiger partial charge is 0.252 e. The highest BCUT2D eigenvalue weighted by atomic mass is 32.1. The van der Waals surface area contributed by atoms with E-state index in [9.17, 15) is 0 Å². The van der Waals surface area contributed by atoms with Crippen molar-refractivity contribution in [3.8, 4) is 22.6 Å². The third kappa shape index (κ3) is 2.64. The Morgan fingerprint density at radius 3 is 2.91 bits per heavy atom. The van der Waals surface area contributed by atoms with Gasteiger partial charge in [0.25, 0.3) is 5.89 Å². The third-order valence-electron chi connectivity index (χ3n) is 3.42. The molecule has 0 unspecified atom stereocenters. The van der Waals surface area contributed by atoms with E-state index in [1.807, 2.05) is 34.9 Å². The Bertz CT molecular complexity index is 938. The molecule has 0 saturated carbocycles. The number of hydrogen-bond acceptors (Lipinski definition) is 6. The minimum absolute atomic E-state index is 0.309. The highest BCUT2D eigenvalue weighted by Crippen LogP contribution is 2.26. The molecular formula is C16H14N4O2S. The molecule has 1 aromatic carbocycles. The first-order chi connectivity index (χ1) is 11.2. The summed E-state index contributed by atoms with van der Waals surface area (Å²) in [5.41, 5.74) is 2.84. The van der Waals surface area contributed by atoms with Crippen LogP contribution in [0.15, 0.2) is 41.2 Å². The molecule has 0 saturated heterocycles. The Kier molecular flexibility index (Phi) is 3.44. The van der Waals surface area contributed by atoms with Gasteiger partial charge in [-0.2, -0.15) is 4.98 Å². The number of aryl methyl sites for hydroxylation is 1. The van der Waals surface area contributed by atoms with Crippen LogP contribution in [0.5, 0.6) is 0 Å². The van der Waals surface area contributed by atoms with Crippen molar-refractivity contribution in [2.75, 3.05) is 7.11 Å². The van der Waals surface area contributed by atoms with Gasteiger partial charge in [-0.1, -0.05) is 23.4 Å². The number of nitrogens with zero attached hydrogens (tertiary/aromatic N) is 4. The summed E-state index contributed by atoms with van der Waals surface area (Å²) in [6.07, 6.45) is 4.11. The summed E-state index contributed by atoms with van der Waals surface area (Å²) in [5.74, 6) is 1.02. The highest BCUT2D eigenvalue weighted by Gasteiger charge is 2.11. The summed E-state index contributed by atoms with van der Waals surface area (Å²) in [7, 11) is 1.59. The fraction of sp³-hybridized carbons (Fsp3) is 0.188. The zero-order valence-corrected chi connectivity index (χ0v) is 13.5. The summed E-state index contributed by atoms with van der Waals surface area (Å²) >= 11 is 1.68. The number of hydrogen-bond donors (Lipinski definition) is 0. The van der Waals surface area contributed by atoms with Gasteiger partial charge in [-0.3, -0.25) is 4.40 Å². The van der Waals surface area contributed by atoms with Crippen LogP contribution in [0.3, 0.4) is 0 Å². The summed E-state index contributed by atoms with van der Waals surface area (Å²) < 4.78 is 12.2. The molecule has 0 amide bonds. The molecule has 116 valence electrons. The molecule has 0 bridgehead atoms. The molecule has 0 aliphatic heterocycles. The van der Waals surface area contributed by atoms with Gasteiger partial charge in [-0.05, 0) is 13.0 Å². The molecule has 4 rings (SSSR count). The molecule has 0 atom stereocenters. The second-order valence-corrected chi connectivity index (χ2v) is 6.40. The van der Waals surface area contributed by atoms with Gasteiger partial charge in [0.1, 0.15) is 6.61 Å². The molecule has 0 aliphatic rings. The lowest BCUT2D eigenvalue weighted by molar-refractivity contribution is 0.151. The average molecular weight is 326 g/mol. The van der Waals surface area contributed by atoms with Crippen LogP contribution < -0.4 is 0 Å². The van der Waals surface area contributed by atoms with Crippen LogP contribution in [0.1, 0.15) is 10.8 Å². The van der Waals surface area contributed by atoms with E-state index in [1.54, 1.807) is 18.4 Å². The molecule has 3 heterocycles. The minimum Gasteiger partial charge on any atom is -0.375 e. The number of aromatic nitrogens is 4. The highest BCUT2D eigenvalue weighted by molar-refractivity contribution is 7.17. The van der Waals surface area contributed by atoms with Gasteiger partial charge in [0.15, 0.2) is 4.96 Å². The number of benzene rings is 1. The van der Waals surface area contributed by atoms with Crippen LogP contribution >= 0.6 is 11.3 Å². The van der Waals surface area contributed by atoms with Gasteiger partial charge in [0.05, 0.1) is 5.69 Å². The zero-order valence-electron chi connectivity index (χ0n) is 12.7. The molecule has 23 heavy (non-hydrogen) atoms. The second kappa shape index (κ2) is 5.60. The molecule has 0 N–H and O–H groups in total. The molecule has 0 radical (unpaired) electrons. The van der Waals surface area contributed by atoms with Crippen LogP contribution in [-0.2, 0) is 11.3 Å². The molecular weight excluding hydrogens is 312 g/mol. The zero-order chi connectivity index (χ0) is 15.8. The normalized spacial score (nSPS) is 11.4. The van der Waals surface area contributed by atoms with E-state index in [0.717, 1.165) is 21.8 Å². The Balaban J connectivity index is 1.70. The number of thiazole rings is 1. The second-order valence-electron chi connectivity index (χ2n) is 5.18. The van der Waals surface area contributed by atoms with Crippen molar-refractivity contribution in [1.29, 1.82) is 0 Å². The standard InChI is InChI=1S/C16H14N4O2S/c1-10-7-20-8-13(17-16(20)23-10)11-4-3-5-12(6-11)15-18-14(9-21-2)22-19-15/h3-8H,9H2,1-2H3. The van der Waals surface area contributed by atoms with E-state index in [2.05, 4.69) is 28.2 Å². The van der Waals surface area contributed by atoms with Crippen LogP contribution in [0.2, 0.25) is 0 Å². The van der Waals surface area contributed by atoms with Crippen molar-refractivity contribution in [3.63, 3.8) is 0 Å². The summed E-state index contributed by atoms with van der Waals surface area (Å²) in [6.45, 7) is 2.39. The van der Waals surface area contributed by atoms with Gasteiger partial charge < -0.3 is 9.26 Å². The van der Waals surface area contributed by atoms with Crippen LogP contribution in [-0.4, -0.2) is 26.6 Å². The number of ether oxygens (including phenoxy) is 1. The van der Waals surface area contributed by atoms with Gasteiger partial charge in [0, 0.05) is 35.5 Å². The molecule has 3 aromatic heterocycles. The molecule has 6 nitrogen and oxygen atoms in total. The van der Waals surface area contributed by atoms with Gasteiger partial charge in [0.2, 0.25) is 5.82 Å². The maximum atomic E-state index is 5.15. The maximum Gasteiger partial charge on any atom is 0.252 e. The summed E-state index contributed by atoms with van der Waals surface area (Å²) in [6, 6.07) is 7.96. The quantitative estimate of drug-likeness (QED) is 0.573.